The number of aryl methyl sites for hydroxylation is 1. The number of carbonyl (C=O) groups excluding carboxylic acids is 1. The van der Waals surface area contributed by atoms with E-state index in [0.29, 0.717) is 5.69 Å². The first-order valence-electron chi connectivity index (χ1n) is 4.25. The topological polar surface area (TPSA) is 43.1 Å². The summed E-state index contributed by atoms with van der Waals surface area (Å²) in [6, 6.07) is 5.56. The number of fused-ring (bicyclic) bond motifs is 1. The van der Waals surface area contributed by atoms with Crippen LogP contribution in [0.5, 0.6) is 0 Å². The van der Waals surface area contributed by atoms with Crippen molar-refractivity contribution in [3.05, 3.63) is 29.3 Å². The highest BCUT2D eigenvalue weighted by Crippen LogP contribution is 2.26. The molecule has 2 nitrogen and oxygen atoms in total. The number of rotatable bonds is 0. The molecule has 1 atom stereocenters. The van der Waals surface area contributed by atoms with Crippen molar-refractivity contribution < 1.29 is 4.79 Å². The molecular weight excluding hydrogens is 230 g/mol. The predicted octanol–water partition coefficient (Wildman–Crippen LogP) is 2.16. The van der Waals surface area contributed by atoms with Gasteiger partial charge >= 0.3 is 0 Å². The van der Waals surface area contributed by atoms with Gasteiger partial charge in [-0.1, -0.05) is 22.0 Å². The van der Waals surface area contributed by atoms with E-state index >= 15 is 0 Å². The lowest BCUT2D eigenvalue weighted by molar-refractivity contribution is 0.0981. The van der Waals surface area contributed by atoms with Crippen molar-refractivity contribution in [2.45, 2.75) is 17.7 Å². The average Bonchev–Trinajstić information content (AvgIpc) is 2.12. The molecular formula is C10H10BrNO. The molecule has 1 aliphatic carbocycles. The van der Waals surface area contributed by atoms with E-state index < -0.39 is 0 Å². The molecule has 68 valence electrons. The van der Waals surface area contributed by atoms with Gasteiger partial charge < -0.3 is 5.73 Å². The number of carbonyl (C=O) groups is 1. The van der Waals surface area contributed by atoms with Crippen LogP contribution in [0, 0.1) is 0 Å². The van der Waals surface area contributed by atoms with Gasteiger partial charge in [-0.15, -0.1) is 0 Å². The fourth-order valence-electron chi connectivity index (χ4n) is 1.62. The molecule has 0 bridgehead atoms. The molecule has 13 heavy (non-hydrogen) atoms. The molecule has 2 rings (SSSR count). The molecule has 2 N–H and O–H groups in total. The largest absolute Gasteiger partial charge is 0.399 e. The number of ketones is 1. The highest BCUT2D eigenvalue weighted by molar-refractivity contribution is 9.10. The van der Waals surface area contributed by atoms with E-state index in [4.69, 9.17) is 5.73 Å². The maximum atomic E-state index is 11.7. The van der Waals surface area contributed by atoms with Crippen LogP contribution in [0.25, 0.3) is 0 Å². The lowest BCUT2D eigenvalue weighted by atomic mass is 9.90. The first kappa shape index (κ1) is 8.75. The summed E-state index contributed by atoms with van der Waals surface area (Å²) in [6.45, 7) is 0. The summed E-state index contributed by atoms with van der Waals surface area (Å²) in [5, 5.41) is 0. The van der Waals surface area contributed by atoms with E-state index in [1.807, 2.05) is 12.1 Å². The molecule has 0 radical (unpaired) electrons. The zero-order valence-corrected chi connectivity index (χ0v) is 8.67. The van der Waals surface area contributed by atoms with E-state index in [1.165, 1.54) is 0 Å². The summed E-state index contributed by atoms with van der Waals surface area (Å²) in [5.41, 5.74) is 8.19. The lowest BCUT2D eigenvalue weighted by Gasteiger charge is -2.18. The van der Waals surface area contributed by atoms with Gasteiger partial charge in [0.15, 0.2) is 5.78 Å². The molecule has 0 amide bonds. The minimum atomic E-state index is -0.0261. The van der Waals surface area contributed by atoms with E-state index in [9.17, 15) is 4.79 Å². The molecule has 0 saturated heterocycles. The Balaban J connectivity index is 2.51. The molecule has 0 fully saturated rings. The van der Waals surface area contributed by atoms with Gasteiger partial charge in [-0.2, -0.15) is 0 Å². The van der Waals surface area contributed by atoms with Crippen molar-refractivity contribution >= 4 is 27.4 Å². The lowest BCUT2D eigenvalue weighted by Crippen LogP contribution is -2.22. The monoisotopic (exact) mass is 239 g/mol. The van der Waals surface area contributed by atoms with Crippen LogP contribution in [0.15, 0.2) is 18.2 Å². The molecule has 0 aliphatic heterocycles. The first-order valence-corrected chi connectivity index (χ1v) is 5.17. The number of nitrogen functional groups attached to an aromatic ring is 1. The Morgan fingerprint density at radius 2 is 2.23 bits per heavy atom. The van der Waals surface area contributed by atoms with Gasteiger partial charge in [0.25, 0.3) is 0 Å². The SMILES string of the molecule is Nc1ccc2c(c1)C(=O)C(Br)CC2. The highest BCUT2D eigenvalue weighted by atomic mass is 79.9. The van der Waals surface area contributed by atoms with Crippen molar-refractivity contribution in [3.8, 4) is 0 Å². The number of hydrogen-bond acceptors (Lipinski definition) is 2. The third-order valence-electron chi connectivity index (χ3n) is 2.35. The molecule has 3 heteroatoms. The van der Waals surface area contributed by atoms with Crippen LogP contribution in [0.2, 0.25) is 0 Å². The summed E-state index contributed by atoms with van der Waals surface area (Å²) in [5.74, 6) is 0.161. The Kier molecular flexibility index (Phi) is 2.12. The third-order valence-corrected chi connectivity index (χ3v) is 3.22. The summed E-state index contributed by atoms with van der Waals surface area (Å²) >= 11 is 3.36. The van der Waals surface area contributed by atoms with Crippen LogP contribution in [0.4, 0.5) is 5.69 Å². The number of alkyl halides is 1. The van der Waals surface area contributed by atoms with Crippen LogP contribution in [0.3, 0.4) is 0 Å². The van der Waals surface area contributed by atoms with Crippen LogP contribution >= 0.6 is 15.9 Å². The van der Waals surface area contributed by atoms with Gasteiger partial charge in [0.2, 0.25) is 0 Å². The standard InChI is InChI=1S/C10H10BrNO/c11-9-4-2-6-1-3-7(12)5-8(6)10(9)13/h1,3,5,9H,2,4,12H2. The highest BCUT2D eigenvalue weighted by Gasteiger charge is 2.24. The average molecular weight is 240 g/mol. The maximum absolute atomic E-state index is 11.7. The van der Waals surface area contributed by atoms with E-state index in [2.05, 4.69) is 15.9 Å². The summed E-state index contributed by atoms with van der Waals surface area (Å²) in [4.78, 5) is 11.6. The summed E-state index contributed by atoms with van der Waals surface area (Å²) in [6.07, 6.45) is 1.84. The fraction of sp³-hybridized carbons (Fsp3) is 0.300. The van der Waals surface area contributed by atoms with E-state index in [-0.39, 0.29) is 10.6 Å². The molecule has 1 unspecified atom stereocenters. The number of anilines is 1. The summed E-state index contributed by atoms with van der Waals surface area (Å²) < 4.78 is 0. The number of halogens is 1. The Bertz CT molecular complexity index is 362. The second kappa shape index (κ2) is 3.14. The van der Waals surface area contributed by atoms with Crippen molar-refractivity contribution in [1.82, 2.24) is 0 Å². The van der Waals surface area contributed by atoms with Crippen molar-refractivity contribution in [2.24, 2.45) is 0 Å². The van der Waals surface area contributed by atoms with Crippen LogP contribution in [0.1, 0.15) is 22.3 Å². The van der Waals surface area contributed by atoms with Crippen molar-refractivity contribution in [2.75, 3.05) is 5.73 Å². The van der Waals surface area contributed by atoms with Crippen LogP contribution in [-0.4, -0.2) is 10.6 Å². The van der Waals surface area contributed by atoms with Gasteiger partial charge in [0.05, 0.1) is 4.83 Å². The Hall–Kier alpha value is -0.830. The zero-order chi connectivity index (χ0) is 9.42. The molecule has 0 spiro atoms. The van der Waals surface area contributed by atoms with Crippen molar-refractivity contribution in [1.29, 1.82) is 0 Å². The van der Waals surface area contributed by atoms with Gasteiger partial charge in [0.1, 0.15) is 0 Å². The predicted molar refractivity (Wildman–Crippen MR) is 56.2 cm³/mol. The summed E-state index contributed by atoms with van der Waals surface area (Å²) in [7, 11) is 0. The molecule has 1 aromatic rings. The first-order chi connectivity index (χ1) is 6.18. The van der Waals surface area contributed by atoms with E-state index in [1.54, 1.807) is 6.07 Å². The number of nitrogens with two attached hydrogens (primary N) is 1. The zero-order valence-electron chi connectivity index (χ0n) is 7.09. The van der Waals surface area contributed by atoms with Crippen molar-refractivity contribution in [3.63, 3.8) is 0 Å². The minimum absolute atomic E-state index is 0.0261. The van der Waals surface area contributed by atoms with Crippen LogP contribution < -0.4 is 5.73 Å². The van der Waals surface area contributed by atoms with Gasteiger partial charge in [-0.05, 0) is 30.5 Å². The quantitative estimate of drug-likeness (QED) is 0.557. The molecule has 0 saturated carbocycles. The second-order valence-electron chi connectivity index (χ2n) is 3.29. The third kappa shape index (κ3) is 1.48. The molecule has 0 heterocycles. The second-order valence-corrected chi connectivity index (χ2v) is 4.39. The Labute approximate surface area is 85.3 Å². The molecule has 0 aromatic heterocycles. The number of hydrogen-bond donors (Lipinski definition) is 1. The number of benzene rings is 1. The normalized spacial score (nSPS) is 21.3. The van der Waals surface area contributed by atoms with Gasteiger partial charge in [-0.3, -0.25) is 4.79 Å². The fourth-order valence-corrected chi connectivity index (χ4v) is 2.10. The number of Topliss-reactive ketones (excluding diaryl/α,β-unsaturated/α-hetero) is 1. The maximum Gasteiger partial charge on any atom is 0.176 e. The van der Waals surface area contributed by atoms with Crippen LogP contribution in [-0.2, 0) is 6.42 Å². The molecule has 1 aromatic carbocycles. The minimum Gasteiger partial charge on any atom is -0.399 e. The smallest absolute Gasteiger partial charge is 0.176 e. The Morgan fingerprint density at radius 3 is 3.00 bits per heavy atom. The van der Waals surface area contributed by atoms with Gasteiger partial charge in [-0.25, -0.2) is 0 Å². The van der Waals surface area contributed by atoms with E-state index in [0.717, 1.165) is 24.0 Å². The van der Waals surface area contributed by atoms with Gasteiger partial charge in [0, 0.05) is 11.3 Å². The Morgan fingerprint density at radius 1 is 1.46 bits per heavy atom. The molecule has 1 aliphatic rings.